The molecule has 196 valence electrons. The summed E-state index contributed by atoms with van der Waals surface area (Å²) in [5.74, 6) is 2.16. The molecule has 9 nitrogen and oxygen atoms in total. The summed E-state index contributed by atoms with van der Waals surface area (Å²) in [7, 11) is 5.18. The molecule has 0 aliphatic carbocycles. The fourth-order valence-corrected chi connectivity index (χ4v) is 4.76. The molecule has 0 unspecified atom stereocenters. The van der Waals surface area contributed by atoms with E-state index in [2.05, 4.69) is 28.3 Å². The normalized spacial score (nSPS) is 14.3. The van der Waals surface area contributed by atoms with E-state index in [1.165, 1.54) is 13.3 Å². The number of piperazine rings is 1. The van der Waals surface area contributed by atoms with E-state index >= 15 is 0 Å². The molecule has 1 aliphatic heterocycles. The summed E-state index contributed by atoms with van der Waals surface area (Å²) in [6, 6.07) is 10.9. The second-order valence-corrected chi connectivity index (χ2v) is 9.60. The number of hydrogen-bond acceptors (Lipinski definition) is 9. The number of likely N-dealkylation sites (N-methyl/N-ethyl adjacent to an activating group) is 1. The minimum Gasteiger partial charge on any atom is -0.496 e. The highest BCUT2D eigenvalue weighted by molar-refractivity contribution is 6.37. The van der Waals surface area contributed by atoms with Crippen molar-refractivity contribution in [1.82, 2.24) is 14.9 Å². The highest BCUT2D eigenvalue weighted by atomic mass is 35.5. The molecule has 1 fully saturated rings. The number of nitriles is 1. The van der Waals surface area contributed by atoms with Crippen molar-refractivity contribution in [1.29, 1.82) is 5.26 Å². The van der Waals surface area contributed by atoms with Crippen LogP contribution in [0.3, 0.4) is 0 Å². The molecule has 0 bridgehead atoms. The van der Waals surface area contributed by atoms with Gasteiger partial charge >= 0.3 is 0 Å². The zero-order valence-electron chi connectivity index (χ0n) is 21.0. The Morgan fingerprint density at radius 2 is 1.76 bits per heavy atom. The molecular formula is C27H25Cl2N5O4. The van der Waals surface area contributed by atoms with Gasteiger partial charge < -0.3 is 28.9 Å². The highest BCUT2D eigenvalue weighted by Crippen LogP contribution is 2.41. The van der Waals surface area contributed by atoms with Crippen LogP contribution in [0.2, 0.25) is 10.0 Å². The van der Waals surface area contributed by atoms with Gasteiger partial charge in [-0.1, -0.05) is 23.2 Å². The van der Waals surface area contributed by atoms with Gasteiger partial charge in [0.25, 0.3) is 0 Å². The third-order valence-corrected chi connectivity index (χ3v) is 6.96. The van der Waals surface area contributed by atoms with E-state index in [1.807, 2.05) is 23.3 Å². The molecule has 3 heterocycles. The number of pyridine rings is 1. The Hall–Kier alpha value is -3.68. The zero-order valence-corrected chi connectivity index (χ0v) is 22.6. The molecule has 2 aromatic heterocycles. The van der Waals surface area contributed by atoms with Gasteiger partial charge in [0.2, 0.25) is 0 Å². The van der Waals surface area contributed by atoms with Crippen LogP contribution < -0.4 is 19.6 Å². The topological polar surface area (TPSA) is 96.0 Å². The number of nitrogens with one attached hydrogen (secondary N) is 1. The molecule has 0 atom stereocenters. The number of fused-ring (bicyclic) bond motifs is 1. The molecule has 1 N–H and O–H groups in total. The van der Waals surface area contributed by atoms with Gasteiger partial charge in [0.15, 0.2) is 5.75 Å². The van der Waals surface area contributed by atoms with Crippen LogP contribution in [0.1, 0.15) is 5.56 Å². The predicted octanol–water partition coefficient (Wildman–Crippen LogP) is 5.98. The number of hydroxylamine groups is 2. The number of rotatable bonds is 7. The Bertz CT molecular complexity index is 1530. The molecule has 0 saturated carbocycles. The average Bonchev–Trinajstić information content (AvgIpc) is 3.39. The van der Waals surface area contributed by atoms with Crippen LogP contribution in [0.4, 0.5) is 11.4 Å². The third-order valence-electron chi connectivity index (χ3n) is 6.35. The molecule has 0 radical (unpaired) electrons. The van der Waals surface area contributed by atoms with E-state index in [4.69, 9.17) is 41.9 Å². The van der Waals surface area contributed by atoms with Crippen molar-refractivity contribution < 1.29 is 18.7 Å². The van der Waals surface area contributed by atoms with Gasteiger partial charge in [-0.25, -0.2) is 0 Å². The summed E-state index contributed by atoms with van der Waals surface area (Å²) in [5.41, 5.74) is 2.70. The molecule has 0 spiro atoms. The number of methoxy groups -OCH3 is 2. The Kier molecular flexibility index (Phi) is 7.49. The van der Waals surface area contributed by atoms with Crippen LogP contribution >= 0.6 is 23.2 Å². The quantitative estimate of drug-likeness (QED) is 0.296. The minimum absolute atomic E-state index is 0.332. The summed E-state index contributed by atoms with van der Waals surface area (Å²) >= 11 is 12.6. The molecule has 0 amide bonds. The number of hydrogen-bond donors (Lipinski definition) is 1. The fourth-order valence-electron chi connectivity index (χ4n) is 4.25. The van der Waals surface area contributed by atoms with Crippen LogP contribution in [0.25, 0.3) is 22.2 Å². The molecule has 38 heavy (non-hydrogen) atoms. The number of anilines is 2. The number of furan rings is 1. The van der Waals surface area contributed by atoms with Gasteiger partial charge in [0.05, 0.1) is 52.3 Å². The predicted molar refractivity (Wildman–Crippen MR) is 147 cm³/mol. The molecule has 1 saturated heterocycles. The van der Waals surface area contributed by atoms with Crippen molar-refractivity contribution in [3.8, 4) is 34.6 Å². The third kappa shape index (κ3) is 5.17. The first-order valence-corrected chi connectivity index (χ1v) is 12.6. The Balaban J connectivity index is 1.52. The standard InChI is InChI=1S/C27H25Cl2N5O4/c1-33-4-6-34(7-5-33)38-17-8-25(37-15-17)19-9-22-18(10-24(19)35-2)27(16(13-30)14-31-22)32-23-12-26(36-3)21(29)11-20(23)28/h8-12,14-15H,4-7H2,1-3H3,(H,31,32). The summed E-state index contributed by atoms with van der Waals surface area (Å²) in [5, 5.41) is 16.4. The van der Waals surface area contributed by atoms with Gasteiger partial charge in [-0.3, -0.25) is 4.98 Å². The smallest absolute Gasteiger partial charge is 0.186 e. The van der Waals surface area contributed by atoms with Crippen molar-refractivity contribution >= 4 is 45.5 Å². The number of halogens is 2. The summed E-state index contributed by atoms with van der Waals surface area (Å²) in [6.45, 7) is 3.48. The lowest BCUT2D eigenvalue weighted by Crippen LogP contribution is -2.45. The zero-order chi connectivity index (χ0) is 26.8. The van der Waals surface area contributed by atoms with Crippen molar-refractivity contribution in [3.05, 3.63) is 58.4 Å². The summed E-state index contributed by atoms with van der Waals surface area (Å²) in [6.07, 6.45) is 3.08. The number of ether oxygens (including phenoxy) is 2. The lowest BCUT2D eigenvalue weighted by atomic mass is 10.0. The van der Waals surface area contributed by atoms with E-state index in [9.17, 15) is 5.26 Å². The number of aromatic nitrogens is 1. The van der Waals surface area contributed by atoms with E-state index in [1.54, 1.807) is 25.5 Å². The number of benzene rings is 2. The first-order valence-electron chi connectivity index (χ1n) is 11.8. The Morgan fingerprint density at radius 3 is 2.47 bits per heavy atom. The van der Waals surface area contributed by atoms with Gasteiger partial charge in [-0.2, -0.15) is 5.26 Å². The fraction of sp³-hybridized carbons (Fsp3) is 0.259. The van der Waals surface area contributed by atoms with Crippen molar-refractivity contribution in [2.75, 3.05) is 52.8 Å². The molecule has 4 aromatic rings. The molecular weight excluding hydrogens is 529 g/mol. The maximum absolute atomic E-state index is 9.81. The summed E-state index contributed by atoms with van der Waals surface area (Å²) in [4.78, 5) is 12.8. The first-order chi connectivity index (χ1) is 18.4. The van der Waals surface area contributed by atoms with Crippen molar-refractivity contribution in [3.63, 3.8) is 0 Å². The Labute approximate surface area is 230 Å². The van der Waals surface area contributed by atoms with Crippen LogP contribution in [0.5, 0.6) is 17.2 Å². The second kappa shape index (κ2) is 11.0. The minimum atomic E-state index is 0.332. The number of nitrogens with zero attached hydrogens (tertiary/aromatic N) is 4. The van der Waals surface area contributed by atoms with Gasteiger partial charge in [-0.15, -0.1) is 5.06 Å². The van der Waals surface area contributed by atoms with Crippen molar-refractivity contribution in [2.45, 2.75) is 0 Å². The van der Waals surface area contributed by atoms with Crippen LogP contribution in [0.15, 0.2) is 47.2 Å². The molecule has 5 rings (SSSR count). The second-order valence-electron chi connectivity index (χ2n) is 8.79. The maximum Gasteiger partial charge on any atom is 0.186 e. The lowest BCUT2D eigenvalue weighted by Gasteiger charge is -2.30. The Morgan fingerprint density at radius 1 is 1.00 bits per heavy atom. The monoisotopic (exact) mass is 553 g/mol. The van der Waals surface area contributed by atoms with Crippen LogP contribution in [-0.4, -0.2) is 62.4 Å². The average molecular weight is 554 g/mol. The summed E-state index contributed by atoms with van der Waals surface area (Å²) < 4.78 is 16.9. The first kappa shape index (κ1) is 25.9. The van der Waals surface area contributed by atoms with E-state index in [0.29, 0.717) is 66.5 Å². The molecule has 1 aliphatic rings. The van der Waals surface area contributed by atoms with E-state index in [-0.39, 0.29) is 0 Å². The van der Waals surface area contributed by atoms with Gasteiger partial charge in [-0.05, 0) is 25.2 Å². The van der Waals surface area contributed by atoms with Crippen molar-refractivity contribution in [2.24, 2.45) is 0 Å². The van der Waals surface area contributed by atoms with Gasteiger partial charge in [0, 0.05) is 49.9 Å². The largest absolute Gasteiger partial charge is 0.496 e. The molecule has 2 aromatic carbocycles. The van der Waals surface area contributed by atoms with E-state index < -0.39 is 0 Å². The van der Waals surface area contributed by atoms with Gasteiger partial charge in [0.1, 0.15) is 29.6 Å². The van der Waals surface area contributed by atoms with Crippen LogP contribution in [0, 0.1) is 11.3 Å². The van der Waals surface area contributed by atoms with Crippen LogP contribution in [-0.2, 0) is 0 Å². The van der Waals surface area contributed by atoms with E-state index in [0.717, 1.165) is 26.2 Å². The SMILES string of the molecule is COc1cc(Nc2c(C#N)cnc3cc(-c4cc(ON5CCN(C)CC5)co4)c(OC)cc23)c(Cl)cc1Cl. The lowest BCUT2D eigenvalue weighted by molar-refractivity contribution is -0.0852. The highest BCUT2D eigenvalue weighted by Gasteiger charge is 2.20. The molecule has 11 heteroatoms. The maximum atomic E-state index is 9.81.